The number of carboxylic acids is 1. The van der Waals surface area contributed by atoms with Crippen molar-refractivity contribution in [1.29, 1.82) is 0 Å². The van der Waals surface area contributed by atoms with Gasteiger partial charge in [0.05, 0.1) is 12.5 Å². The Morgan fingerprint density at radius 2 is 1.89 bits per heavy atom. The number of nitrogens with zero attached hydrogens (tertiary/aromatic N) is 1. The summed E-state index contributed by atoms with van der Waals surface area (Å²) in [5.41, 5.74) is 0. The molecule has 1 aliphatic carbocycles. The van der Waals surface area contributed by atoms with Crippen LogP contribution < -0.4 is 0 Å². The molecule has 0 saturated heterocycles. The van der Waals surface area contributed by atoms with E-state index in [9.17, 15) is 18.0 Å². The molecule has 0 spiro atoms. The Morgan fingerprint density at radius 1 is 1.33 bits per heavy atom. The van der Waals surface area contributed by atoms with E-state index in [1.807, 2.05) is 0 Å². The summed E-state index contributed by atoms with van der Waals surface area (Å²) in [6.45, 7) is 3.79. The molecule has 1 rings (SSSR count). The SMILES string of the molecule is C=CCN(CC(=O)O)C1CCC(C(F)(F)F)CC1. The Kier molecular flexibility index (Phi) is 5.19. The van der Waals surface area contributed by atoms with Crippen LogP contribution in [-0.2, 0) is 4.79 Å². The molecule has 0 unspecified atom stereocenters. The highest BCUT2D eigenvalue weighted by Crippen LogP contribution is 2.38. The molecule has 0 radical (unpaired) electrons. The predicted octanol–water partition coefficient (Wildman–Crippen LogP) is 2.68. The Morgan fingerprint density at radius 3 is 2.28 bits per heavy atom. The molecule has 0 aromatic rings. The quantitative estimate of drug-likeness (QED) is 0.777. The van der Waals surface area contributed by atoms with E-state index in [0.717, 1.165) is 0 Å². The van der Waals surface area contributed by atoms with E-state index in [1.54, 1.807) is 11.0 Å². The van der Waals surface area contributed by atoms with Gasteiger partial charge in [0.1, 0.15) is 0 Å². The number of carbonyl (C=O) groups is 1. The van der Waals surface area contributed by atoms with Crippen LogP contribution in [0.3, 0.4) is 0 Å². The molecule has 0 aromatic carbocycles. The summed E-state index contributed by atoms with van der Waals surface area (Å²) in [5.74, 6) is -2.20. The molecule has 3 nitrogen and oxygen atoms in total. The average molecular weight is 265 g/mol. The van der Waals surface area contributed by atoms with Gasteiger partial charge in [0.25, 0.3) is 0 Å². The molecule has 0 amide bonds. The van der Waals surface area contributed by atoms with Crippen molar-refractivity contribution < 1.29 is 23.1 Å². The lowest BCUT2D eigenvalue weighted by Crippen LogP contribution is -2.42. The smallest absolute Gasteiger partial charge is 0.391 e. The van der Waals surface area contributed by atoms with Crippen LogP contribution >= 0.6 is 0 Å². The second kappa shape index (κ2) is 6.22. The summed E-state index contributed by atoms with van der Waals surface area (Å²) in [6.07, 6.45) is -1.58. The maximum Gasteiger partial charge on any atom is 0.391 e. The van der Waals surface area contributed by atoms with Crippen molar-refractivity contribution in [3.8, 4) is 0 Å². The summed E-state index contributed by atoms with van der Waals surface area (Å²) >= 11 is 0. The van der Waals surface area contributed by atoms with E-state index in [-0.39, 0.29) is 25.4 Å². The van der Waals surface area contributed by atoms with Crippen molar-refractivity contribution in [2.24, 2.45) is 5.92 Å². The van der Waals surface area contributed by atoms with Gasteiger partial charge in [0.15, 0.2) is 0 Å². The third-order valence-corrected chi connectivity index (χ3v) is 3.38. The first kappa shape index (κ1) is 15.0. The Labute approximate surface area is 104 Å². The van der Waals surface area contributed by atoms with Crippen LogP contribution in [0.5, 0.6) is 0 Å². The minimum atomic E-state index is -4.12. The van der Waals surface area contributed by atoms with Crippen molar-refractivity contribution in [1.82, 2.24) is 4.90 Å². The lowest BCUT2D eigenvalue weighted by Gasteiger charge is -2.36. The highest BCUT2D eigenvalue weighted by atomic mass is 19.4. The fraction of sp³-hybridized carbons (Fsp3) is 0.750. The summed E-state index contributed by atoms with van der Waals surface area (Å²) in [5, 5.41) is 8.77. The van der Waals surface area contributed by atoms with Crippen LogP contribution in [0.2, 0.25) is 0 Å². The molecular weight excluding hydrogens is 247 g/mol. The molecule has 6 heteroatoms. The lowest BCUT2D eigenvalue weighted by atomic mass is 9.85. The van der Waals surface area contributed by atoms with E-state index in [1.165, 1.54) is 0 Å². The van der Waals surface area contributed by atoms with Gasteiger partial charge in [-0.1, -0.05) is 6.08 Å². The number of hydrogen-bond donors (Lipinski definition) is 1. The van der Waals surface area contributed by atoms with Crippen molar-refractivity contribution >= 4 is 5.97 Å². The van der Waals surface area contributed by atoms with Gasteiger partial charge in [0.2, 0.25) is 0 Å². The number of aliphatic carboxylic acids is 1. The molecule has 0 atom stereocenters. The molecule has 0 bridgehead atoms. The molecule has 18 heavy (non-hydrogen) atoms. The second-order valence-corrected chi connectivity index (χ2v) is 4.66. The van der Waals surface area contributed by atoms with E-state index in [2.05, 4.69) is 6.58 Å². The van der Waals surface area contributed by atoms with Crippen LogP contribution in [0.15, 0.2) is 12.7 Å². The Balaban J connectivity index is 2.53. The predicted molar refractivity (Wildman–Crippen MR) is 61.2 cm³/mol. The first-order valence-electron chi connectivity index (χ1n) is 5.98. The number of hydrogen-bond acceptors (Lipinski definition) is 2. The second-order valence-electron chi connectivity index (χ2n) is 4.66. The first-order valence-corrected chi connectivity index (χ1v) is 5.98. The van der Waals surface area contributed by atoms with Crippen LogP contribution in [0.4, 0.5) is 13.2 Å². The van der Waals surface area contributed by atoms with Gasteiger partial charge in [0, 0.05) is 12.6 Å². The van der Waals surface area contributed by atoms with Gasteiger partial charge >= 0.3 is 12.1 Å². The van der Waals surface area contributed by atoms with Gasteiger partial charge in [-0.2, -0.15) is 13.2 Å². The van der Waals surface area contributed by atoms with Crippen molar-refractivity contribution in [3.63, 3.8) is 0 Å². The molecule has 1 aliphatic rings. The minimum absolute atomic E-state index is 0.0848. The molecule has 104 valence electrons. The normalized spacial score (nSPS) is 25.1. The molecule has 1 N–H and O–H groups in total. The Hall–Kier alpha value is -1.04. The van der Waals surface area contributed by atoms with Gasteiger partial charge in [-0.05, 0) is 25.7 Å². The van der Waals surface area contributed by atoms with Crippen molar-refractivity contribution in [2.75, 3.05) is 13.1 Å². The zero-order valence-electron chi connectivity index (χ0n) is 10.1. The highest BCUT2D eigenvalue weighted by Gasteiger charge is 2.42. The van der Waals surface area contributed by atoms with Crippen LogP contribution in [0, 0.1) is 5.92 Å². The van der Waals surface area contributed by atoms with Crippen molar-refractivity contribution in [2.45, 2.75) is 37.9 Å². The van der Waals surface area contributed by atoms with E-state index < -0.39 is 18.1 Å². The van der Waals surface area contributed by atoms with E-state index in [0.29, 0.717) is 19.4 Å². The third-order valence-electron chi connectivity index (χ3n) is 3.38. The van der Waals surface area contributed by atoms with E-state index in [4.69, 9.17) is 5.11 Å². The summed E-state index contributed by atoms with van der Waals surface area (Å²) in [6, 6.07) is -0.0855. The maximum absolute atomic E-state index is 12.5. The zero-order chi connectivity index (χ0) is 13.8. The number of halogens is 3. The van der Waals surface area contributed by atoms with Crippen LogP contribution in [0.25, 0.3) is 0 Å². The molecule has 0 heterocycles. The van der Waals surface area contributed by atoms with E-state index >= 15 is 0 Å². The van der Waals surface area contributed by atoms with Gasteiger partial charge in [-0.3, -0.25) is 9.69 Å². The topological polar surface area (TPSA) is 40.5 Å². The molecular formula is C12H18F3NO2. The molecule has 0 aliphatic heterocycles. The Bertz CT molecular complexity index is 296. The first-order chi connectivity index (χ1) is 8.34. The standard InChI is InChI=1S/C12H18F3NO2/c1-2-7-16(8-11(17)18)10-5-3-9(4-6-10)12(13,14)15/h2,9-10H,1,3-8H2,(H,17,18). The molecule has 1 fully saturated rings. The fourth-order valence-electron chi connectivity index (χ4n) is 2.45. The maximum atomic E-state index is 12.5. The largest absolute Gasteiger partial charge is 0.480 e. The summed E-state index contributed by atoms with van der Waals surface area (Å²) < 4.78 is 37.5. The van der Waals surface area contributed by atoms with Gasteiger partial charge in [-0.25, -0.2) is 0 Å². The van der Waals surface area contributed by atoms with Crippen LogP contribution in [0.1, 0.15) is 25.7 Å². The number of rotatable bonds is 5. The van der Waals surface area contributed by atoms with Gasteiger partial charge < -0.3 is 5.11 Å². The third kappa shape index (κ3) is 4.33. The monoisotopic (exact) mass is 265 g/mol. The van der Waals surface area contributed by atoms with Crippen molar-refractivity contribution in [3.05, 3.63) is 12.7 Å². The average Bonchev–Trinajstić information content (AvgIpc) is 2.27. The van der Waals surface area contributed by atoms with Crippen LogP contribution in [-0.4, -0.2) is 41.3 Å². The zero-order valence-corrected chi connectivity index (χ0v) is 10.1. The molecule has 1 saturated carbocycles. The fourth-order valence-corrected chi connectivity index (χ4v) is 2.45. The minimum Gasteiger partial charge on any atom is -0.480 e. The summed E-state index contributed by atoms with van der Waals surface area (Å²) in [7, 11) is 0. The lowest BCUT2D eigenvalue weighted by molar-refractivity contribution is -0.184. The number of alkyl halides is 3. The number of carboxylic acid groups (broad SMARTS) is 1. The molecule has 0 aromatic heterocycles. The van der Waals surface area contributed by atoms with Gasteiger partial charge in [-0.15, -0.1) is 6.58 Å². The summed E-state index contributed by atoms with van der Waals surface area (Å²) in [4.78, 5) is 12.4. The highest BCUT2D eigenvalue weighted by molar-refractivity contribution is 5.69.